The average Bonchev–Trinajstić information content (AvgIpc) is 2.91. The van der Waals surface area contributed by atoms with Gasteiger partial charge in [0.25, 0.3) is 0 Å². The summed E-state index contributed by atoms with van der Waals surface area (Å²) in [6.45, 7) is 2.99. The Kier molecular flexibility index (Phi) is 3.71. The summed E-state index contributed by atoms with van der Waals surface area (Å²) in [5.74, 6) is -0.537. The number of benzene rings is 1. The van der Waals surface area contributed by atoms with E-state index in [2.05, 4.69) is 4.98 Å². The van der Waals surface area contributed by atoms with E-state index in [0.717, 1.165) is 0 Å². The van der Waals surface area contributed by atoms with Crippen LogP contribution in [0.25, 0.3) is 10.9 Å². The number of hydrogen-bond acceptors (Lipinski definition) is 6. The standard InChI is InChI=1S/C17H16N2O5S/c1-10-16-14(20)9-15(21)17(16)12-8-11(2-3-13(12)18-10)25(22,23)19-4-6-24-7-5-19/h2-3,8H,4-7,9H2,1H3. The van der Waals surface area contributed by atoms with Gasteiger partial charge in [-0.05, 0) is 25.1 Å². The zero-order valence-corrected chi connectivity index (χ0v) is 14.4. The number of ether oxygens (including phenoxy) is 1. The number of hydrogen-bond donors (Lipinski definition) is 0. The van der Waals surface area contributed by atoms with E-state index in [0.29, 0.717) is 54.0 Å². The lowest BCUT2D eigenvalue weighted by Crippen LogP contribution is -2.40. The number of rotatable bonds is 2. The molecule has 0 atom stereocenters. The van der Waals surface area contributed by atoms with Crippen LogP contribution in [-0.4, -0.2) is 55.6 Å². The molecule has 8 heteroatoms. The number of sulfonamides is 1. The minimum Gasteiger partial charge on any atom is -0.379 e. The van der Waals surface area contributed by atoms with Crippen LogP contribution < -0.4 is 0 Å². The highest BCUT2D eigenvalue weighted by molar-refractivity contribution is 7.89. The molecule has 1 aliphatic heterocycles. The van der Waals surface area contributed by atoms with Crippen molar-refractivity contribution < 1.29 is 22.7 Å². The van der Waals surface area contributed by atoms with Gasteiger partial charge in [0.1, 0.15) is 0 Å². The molecular formula is C17H16N2O5S. The molecule has 25 heavy (non-hydrogen) atoms. The van der Waals surface area contributed by atoms with E-state index in [9.17, 15) is 18.0 Å². The molecule has 1 aromatic heterocycles. The molecule has 0 radical (unpaired) electrons. The van der Waals surface area contributed by atoms with Crippen molar-refractivity contribution in [3.05, 3.63) is 35.0 Å². The van der Waals surface area contributed by atoms with Gasteiger partial charge in [-0.15, -0.1) is 0 Å². The molecule has 0 unspecified atom stereocenters. The predicted molar refractivity (Wildman–Crippen MR) is 89.3 cm³/mol. The fourth-order valence-electron chi connectivity index (χ4n) is 3.41. The summed E-state index contributed by atoms with van der Waals surface area (Å²) in [5, 5.41) is 0.422. The summed E-state index contributed by atoms with van der Waals surface area (Å²) in [6, 6.07) is 4.54. The van der Waals surface area contributed by atoms with Crippen LogP contribution in [0.2, 0.25) is 0 Å². The molecule has 0 N–H and O–H groups in total. The second-order valence-electron chi connectivity index (χ2n) is 6.17. The minimum atomic E-state index is -3.68. The molecule has 1 fully saturated rings. The quantitative estimate of drug-likeness (QED) is 0.750. The number of morpholine rings is 1. The Morgan fingerprint density at radius 1 is 1.08 bits per heavy atom. The fourth-order valence-corrected chi connectivity index (χ4v) is 4.85. The van der Waals surface area contributed by atoms with Crippen LogP contribution in [0.5, 0.6) is 0 Å². The zero-order chi connectivity index (χ0) is 17.8. The summed E-state index contributed by atoms with van der Waals surface area (Å²) in [4.78, 5) is 28.8. The normalized spacial score (nSPS) is 18.8. The smallest absolute Gasteiger partial charge is 0.243 e. The number of fused-ring (bicyclic) bond motifs is 3. The van der Waals surface area contributed by atoms with E-state index >= 15 is 0 Å². The van der Waals surface area contributed by atoms with Gasteiger partial charge in [0.2, 0.25) is 10.0 Å². The molecule has 1 aromatic carbocycles. The first-order chi connectivity index (χ1) is 11.9. The number of nitrogens with zero attached hydrogens (tertiary/aromatic N) is 2. The Morgan fingerprint density at radius 3 is 2.48 bits per heavy atom. The third kappa shape index (κ3) is 2.48. The molecular weight excluding hydrogens is 344 g/mol. The Hall–Kier alpha value is -2.16. The topological polar surface area (TPSA) is 93.6 Å². The van der Waals surface area contributed by atoms with Crippen LogP contribution in [-0.2, 0) is 14.8 Å². The van der Waals surface area contributed by atoms with Crippen LogP contribution in [0.15, 0.2) is 23.1 Å². The first-order valence-corrected chi connectivity index (χ1v) is 9.42. The Labute approximate surface area is 144 Å². The van der Waals surface area contributed by atoms with Crippen LogP contribution in [0.4, 0.5) is 0 Å². The molecule has 1 saturated heterocycles. The fraction of sp³-hybridized carbons (Fsp3) is 0.353. The lowest BCUT2D eigenvalue weighted by Gasteiger charge is -2.26. The van der Waals surface area contributed by atoms with E-state index in [-0.39, 0.29) is 22.9 Å². The van der Waals surface area contributed by atoms with E-state index in [1.54, 1.807) is 13.0 Å². The lowest BCUT2D eigenvalue weighted by molar-refractivity contribution is 0.0730. The van der Waals surface area contributed by atoms with Gasteiger partial charge in [0.15, 0.2) is 11.6 Å². The number of aromatic nitrogens is 1. The van der Waals surface area contributed by atoms with Crippen molar-refractivity contribution in [2.45, 2.75) is 18.2 Å². The molecule has 1 aliphatic carbocycles. The van der Waals surface area contributed by atoms with Crippen molar-refractivity contribution in [2.75, 3.05) is 26.3 Å². The maximum atomic E-state index is 12.8. The van der Waals surface area contributed by atoms with Gasteiger partial charge in [0, 0.05) is 29.7 Å². The van der Waals surface area contributed by atoms with Crippen molar-refractivity contribution >= 4 is 32.5 Å². The van der Waals surface area contributed by atoms with Crippen LogP contribution >= 0.6 is 0 Å². The van der Waals surface area contributed by atoms with Gasteiger partial charge in [0.05, 0.1) is 35.6 Å². The maximum Gasteiger partial charge on any atom is 0.243 e. The monoisotopic (exact) mass is 360 g/mol. The number of carbonyl (C=O) groups is 2. The highest BCUT2D eigenvalue weighted by Crippen LogP contribution is 2.32. The highest BCUT2D eigenvalue weighted by atomic mass is 32.2. The third-order valence-corrected chi connectivity index (χ3v) is 6.52. The summed E-state index contributed by atoms with van der Waals surface area (Å²) in [6.07, 6.45) is -0.183. The number of carbonyl (C=O) groups excluding carboxylic acids is 2. The maximum absolute atomic E-state index is 12.8. The minimum absolute atomic E-state index is 0.0990. The highest BCUT2D eigenvalue weighted by Gasteiger charge is 2.33. The molecule has 2 heterocycles. The van der Waals surface area contributed by atoms with Crippen molar-refractivity contribution in [3.63, 3.8) is 0 Å². The van der Waals surface area contributed by atoms with Crippen LogP contribution in [0, 0.1) is 6.92 Å². The van der Waals surface area contributed by atoms with Gasteiger partial charge in [-0.2, -0.15) is 4.31 Å². The SMILES string of the molecule is Cc1nc2ccc(S(=O)(=O)N3CCOCC3)cc2c2c1C(=O)CC2=O. The number of ketones is 2. The number of aryl methyl sites for hydroxylation is 1. The molecule has 2 aromatic rings. The number of Topliss-reactive ketones (excluding diaryl/α,β-unsaturated/α-hetero) is 2. The summed E-state index contributed by atoms with van der Waals surface area (Å²) in [7, 11) is -3.68. The summed E-state index contributed by atoms with van der Waals surface area (Å²) >= 11 is 0. The predicted octanol–water partition coefficient (Wildman–Crippen LogP) is 1.33. The second kappa shape index (κ2) is 5.69. The van der Waals surface area contributed by atoms with Gasteiger partial charge >= 0.3 is 0 Å². The number of pyridine rings is 1. The van der Waals surface area contributed by atoms with Crippen molar-refractivity contribution in [3.8, 4) is 0 Å². The van der Waals surface area contributed by atoms with E-state index in [1.807, 2.05) is 0 Å². The Morgan fingerprint density at radius 2 is 1.76 bits per heavy atom. The van der Waals surface area contributed by atoms with Crippen LogP contribution in [0.1, 0.15) is 32.8 Å². The van der Waals surface area contributed by atoms with E-state index in [4.69, 9.17) is 4.74 Å². The zero-order valence-electron chi connectivity index (χ0n) is 13.6. The molecule has 130 valence electrons. The average molecular weight is 360 g/mol. The molecule has 7 nitrogen and oxygen atoms in total. The first-order valence-electron chi connectivity index (χ1n) is 7.98. The van der Waals surface area contributed by atoms with Crippen molar-refractivity contribution in [1.82, 2.24) is 9.29 Å². The Bertz CT molecular complexity index is 1020. The van der Waals surface area contributed by atoms with Gasteiger partial charge < -0.3 is 4.74 Å². The molecule has 0 bridgehead atoms. The first kappa shape index (κ1) is 16.3. The summed E-state index contributed by atoms with van der Waals surface area (Å²) < 4.78 is 32.3. The summed E-state index contributed by atoms with van der Waals surface area (Å²) in [5.41, 5.74) is 1.63. The second-order valence-corrected chi connectivity index (χ2v) is 8.10. The van der Waals surface area contributed by atoms with Gasteiger partial charge in [-0.25, -0.2) is 8.42 Å². The molecule has 2 aliphatic rings. The van der Waals surface area contributed by atoms with Crippen molar-refractivity contribution in [1.29, 1.82) is 0 Å². The van der Waals surface area contributed by atoms with E-state index < -0.39 is 10.0 Å². The van der Waals surface area contributed by atoms with E-state index in [1.165, 1.54) is 16.4 Å². The Balaban J connectivity index is 1.91. The van der Waals surface area contributed by atoms with Crippen molar-refractivity contribution in [2.24, 2.45) is 0 Å². The lowest BCUT2D eigenvalue weighted by atomic mass is 10.0. The van der Waals surface area contributed by atoms with Gasteiger partial charge in [-0.1, -0.05) is 0 Å². The van der Waals surface area contributed by atoms with Gasteiger partial charge in [-0.3, -0.25) is 14.6 Å². The molecule has 0 amide bonds. The molecule has 0 spiro atoms. The molecule has 4 rings (SSSR count). The third-order valence-electron chi connectivity index (χ3n) is 4.62. The largest absolute Gasteiger partial charge is 0.379 e. The molecule has 0 saturated carbocycles. The van der Waals surface area contributed by atoms with Crippen LogP contribution in [0.3, 0.4) is 0 Å².